The molecule has 0 spiro atoms. The van der Waals surface area contributed by atoms with Gasteiger partial charge in [-0.2, -0.15) is 0 Å². The van der Waals surface area contributed by atoms with Crippen LogP contribution >= 0.6 is 0 Å². The van der Waals surface area contributed by atoms with E-state index in [9.17, 15) is 15.0 Å². The SMILES string of the molecule is COc1cc2nc(C)nc(N[C@H](C)c3cccc(C)c3)c2cc1C1(O)CCC(C(=O)N(C)C[C@H](C)O)CC1. The number of benzene rings is 2. The van der Waals surface area contributed by atoms with Gasteiger partial charge in [0, 0.05) is 42.6 Å². The molecular weight excluding hydrogens is 480 g/mol. The molecule has 2 atom stereocenters. The molecule has 3 N–H and O–H groups in total. The van der Waals surface area contributed by atoms with Gasteiger partial charge in [-0.05, 0) is 65.0 Å². The van der Waals surface area contributed by atoms with Crippen molar-refractivity contribution >= 4 is 22.6 Å². The number of nitrogens with one attached hydrogen (secondary N) is 1. The molecule has 0 aliphatic heterocycles. The molecule has 1 fully saturated rings. The van der Waals surface area contributed by atoms with Crippen LogP contribution in [0.3, 0.4) is 0 Å². The fraction of sp³-hybridized carbons (Fsp3) is 0.500. The number of aliphatic hydroxyl groups excluding tert-OH is 1. The summed E-state index contributed by atoms with van der Waals surface area (Å²) in [5.74, 6) is 1.76. The maximum absolute atomic E-state index is 12.9. The smallest absolute Gasteiger partial charge is 0.225 e. The Balaban J connectivity index is 1.64. The van der Waals surface area contributed by atoms with Crippen LogP contribution in [0.15, 0.2) is 36.4 Å². The van der Waals surface area contributed by atoms with Crippen LogP contribution in [0.4, 0.5) is 5.82 Å². The number of hydrogen-bond donors (Lipinski definition) is 3. The Morgan fingerprint density at radius 1 is 1.18 bits per heavy atom. The molecule has 2 aromatic carbocycles. The summed E-state index contributed by atoms with van der Waals surface area (Å²) in [4.78, 5) is 23.8. The number of carbonyl (C=O) groups is 1. The number of hydrogen-bond acceptors (Lipinski definition) is 7. The third-order valence-corrected chi connectivity index (χ3v) is 7.60. The molecule has 1 saturated carbocycles. The highest BCUT2D eigenvalue weighted by atomic mass is 16.5. The fourth-order valence-corrected chi connectivity index (χ4v) is 5.55. The second kappa shape index (κ2) is 11.3. The number of fused-ring (bicyclic) bond motifs is 1. The predicted molar refractivity (Wildman–Crippen MR) is 149 cm³/mol. The van der Waals surface area contributed by atoms with E-state index in [1.165, 1.54) is 5.56 Å². The summed E-state index contributed by atoms with van der Waals surface area (Å²) in [6.45, 7) is 8.01. The normalized spacial score (nSPS) is 21.1. The number of ether oxygens (including phenoxy) is 1. The van der Waals surface area contributed by atoms with Crippen molar-refractivity contribution in [1.29, 1.82) is 0 Å². The van der Waals surface area contributed by atoms with Gasteiger partial charge in [0.05, 0.1) is 24.3 Å². The van der Waals surface area contributed by atoms with Crippen LogP contribution in [-0.4, -0.2) is 57.8 Å². The first kappa shape index (κ1) is 27.8. The zero-order valence-electron chi connectivity index (χ0n) is 23.3. The van der Waals surface area contributed by atoms with Gasteiger partial charge in [0.15, 0.2) is 0 Å². The van der Waals surface area contributed by atoms with Crippen LogP contribution in [0, 0.1) is 19.8 Å². The minimum Gasteiger partial charge on any atom is -0.496 e. The van der Waals surface area contributed by atoms with Crippen molar-refractivity contribution in [3.05, 3.63) is 58.9 Å². The van der Waals surface area contributed by atoms with Crippen molar-refractivity contribution in [1.82, 2.24) is 14.9 Å². The number of likely N-dealkylation sites (N-methyl/N-ethyl adjacent to an activating group) is 1. The van der Waals surface area contributed by atoms with E-state index in [2.05, 4.69) is 42.3 Å². The van der Waals surface area contributed by atoms with Gasteiger partial charge in [0.2, 0.25) is 5.91 Å². The van der Waals surface area contributed by atoms with Crippen LogP contribution in [0.2, 0.25) is 0 Å². The molecule has 1 aromatic heterocycles. The highest BCUT2D eigenvalue weighted by Gasteiger charge is 2.40. The molecule has 38 heavy (non-hydrogen) atoms. The summed E-state index contributed by atoms with van der Waals surface area (Å²) in [5.41, 5.74) is 2.65. The maximum Gasteiger partial charge on any atom is 0.225 e. The third-order valence-electron chi connectivity index (χ3n) is 7.60. The summed E-state index contributed by atoms with van der Waals surface area (Å²) >= 11 is 0. The molecule has 0 bridgehead atoms. The second-order valence-electron chi connectivity index (χ2n) is 10.8. The molecule has 1 heterocycles. The first-order valence-electron chi connectivity index (χ1n) is 13.4. The first-order valence-corrected chi connectivity index (χ1v) is 13.4. The van der Waals surface area contributed by atoms with Gasteiger partial charge in [0.25, 0.3) is 0 Å². The maximum atomic E-state index is 12.9. The standard InChI is InChI=1S/C30H40N4O4/c1-18-8-7-9-23(14-18)20(3)31-28-24-15-25(27(38-6)16-26(24)32-21(4)33-28)30(37)12-10-22(11-13-30)29(36)34(5)17-19(2)35/h7-9,14-16,19-20,22,35,37H,10-13,17H2,1-6H3,(H,31,32,33)/t19-,20+,22?,30?/m0/s1. The Labute approximate surface area is 225 Å². The highest BCUT2D eigenvalue weighted by Crippen LogP contribution is 2.45. The Hall–Kier alpha value is -3.23. The Morgan fingerprint density at radius 3 is 2.53 bits per heavy atom. The van der Waals surface area contributed by atoms with E-state index in [1.54, 1.807) is 26.0 Å². The van der Waals surface area contributed by atoms with E-state index in [4.69, 9.17) is 9.72 Å². The Bertz CT molecular complexity index is 1300. The van der Waals surface area contributed by atoms with E-state index >= 15 is 0 Å². The average Bonchev–Trinajstić information content (AvgIpc) is 2.87. The lowest BCUT2D eigenvalue weighted by atomic mass is 9.74. The largest absolute Gasteiger partial charge is 0.496 e. The second-order valence-corrected chi connectivity index (χ2v) is 10.8. The number of aromatic nitrogens is 2. The summed E-state index contributed by atoms with van der Waals surface area (Å²) in [7, 11) is 3.32. The number of nitrogens with zero attached hydrogens (tertiary/aromatic N) is 3. The van der Waals surface area contributed by atoms with Crippen LogP contribution < -0.4 is 10.1 Å². The van der Waals surface area contributed by atoms with E-state index in [1.807, 2.05) is 25.1 Å². The summed E-state index contributed by atoms with van der Waals surface area (Å²) in [6.07, 6.45) is 1.40. The number of anilines is 1. The number of carbonyl (C=O) groups excluding carboxylic acids is 1. The van der Waals surface area contributed by atoms with Crippen molar-refractivity contribution in [2.24, 2.45) is 5.92 Å². The average molecular weight is 521 g/mol. The monoisotopic (exact) mass is 520 g/mol. The predicted octanol–water partition coefficient (Wildman–Crippen LogP) is 4.65. The molecule has 8 heteroatoms. The van der Waals surface area contributed by atoms with Gasteiger partial charge < -0.3 is 25.2 Å². The molecule has 0 radical (unpaired) electrons. The molecule has 1 aliphatic rings. The van der Waals surface area contributed by atoms with Crippen molar-refractivity contribution in [2.75, 3.05) is 26.0 Å². The van der Waals surface area contributed by atoms with E-state index < -0.39 is 11.7 Å². The zero-order chi connectivity index (χ0) is 27.6. The van der Waals surface area contributed by atoms with Crippen LogP contribution in [-0.2, 0) is 10.4 Å². The summed E-state index contributed by atoms with van der Waals surface area (Å²) in [6, 6.07) is 12.2. The Kier molecular flexibility index (Phi) is 8.23. The molecule has 204 valence electrons. The van der Waals surface area contributed by atoms with Crippen molar-refractivity contribution in [3.63, 3.8) is 0 Å². The Morgan fingerprint density at radius 2 is 1.89 bits per heavy atom. The molecule has 4 rings (SSSR count). The fourth-order valence-electron chi connectivity index (χ4n) is 5.55. The molecular formula is C30H40N4O4. The molecule has 0 saturated heterocycles. The van der Waals surface area contributed by atoms with Gasteiger partial charge in [-0.3, -0.25) is 4.79 Å². The number of aliphatic hydroxyl groups is 2. The lowest BCUT2D eigenvalue weighted by molar-refractivity contribution is -0.138. The number of methoxy groups -OCH3 is 1. The summed E-state index contributed by atoms with van der Waals surface area (Å²) < 4.78 is 5.73. The number of rotatable bonds is 8. The van der Waals surface area contributed by atoms with E-state index in [-0.39, 0.29) is 17.9 Å². The lowest BCUT2D eigenvalue weighted by Gasteiger charge is -2.38. The van der Waals surface area contributed by atoms with Crippen LogP contribution in [0.25, 0.3) is 10.9 Å². The van der Waals surface area contributed by atoms with Crippen molar-refractivity contribution in [3.8, 4) is 5.75 Å². The number of amides is 1. The van der Waals surface area contributed by atoms with Gasteiger partial charge in [0.1, 0.15) is 17.4 Å². The minimum absolute atomic E-state index is 0.0129. The van der Waals surface area contributed by atoms with Crippen molar-refractivity contribution < 1.29 is 19.7 Å². The topological polar surface area (TPSA) is 108 Å². The molecule has 3 aromatic rings. The lowest BCUT2D eigenvalue weighted by Crippen LogP contribution is -2.41. The molecule has 8 nitrogen and oxygen atoms in total. The summed E-state index contributed by atoms with van der Waals surface area (Å²) in [5, 5.41) is 25.9. The molecule has 1 amide bonds. The van der Waals surface area contributed by atoms with E-state index in [0.29, 0.717) is 55.2 Å². The first-order chi connectivity index (χ1) is 18.0. The minimum atomic E-state index is -1.14. The van der Waals surface area contributed by atoms with Crippen molar-refractivity contribution in [2.45, 2.75) is 71.1 Å². The highest BCUT2D eigenvalue weighted by molar-refractivity contribution is 5.91. The molecule has 0 unspecified atom stereocenters. The van der Waals surface area contributed by atoms with Gasteiger partial charge in [-0.1, -0.05) is 29.8 Å². The zero-order valence-corrected chi connectivity index (χ0v) is 23.3. The van der Waals surface area contributed by atoms with Crippen LogP contribution in [0.5, 0.6) is 5.75 Å². The number of aryl methyl sites for hydroxylation is 2. The van der Waals surface area contributed by atoms with Gasteiger partial charge in [-0.25, -0.2) is 9.97 Å². The van der Waals surface area contributed by atoms with Gasteiger partial charge >= 0.3 is 0 Å². The van der Waals surface area contributed by atoms with E-state index in [0.717, 1.165) is 16.5 Å². The van der Waals surface area contributed by atoms with Crippen LogP contribution in [0.1, 0.15) is 68.1 Å². The quantitative estimate of drug-likeness (QED) is 0.397. The molecule has 1 aliphatic carbocycles. The third kappa shape index (κ3) is 5.92. The van der Waals surface area contributed by atoms with Gasteiger partial charge in [-0.15, -0.1) is 0 Å².